The van der Waals surface area contributed by atoms with Crippen LogP contribution in [0.25, 0.3) is 5.69 Å². The fraction of sp³-hybridized carbons (Fsp3) is 0.263. The number of hydrogen-bond donors (Lipinski definition) is 1. The molecule has 133 valence electrons. The number of pyridine rings is 1. The molecule has 1 radical (unpaired) electrons. The van der Waals surface area contributed by atoms with Gasteiger partial charge in [-0.2, -0.15) is 0 Å². The van der Waals surface area contributed by atoms with Crippen molar-refractivity contribution in [1.29, 1.82) is 0 Å². The third kappa shape index (κ3) is 2.39. The van der Waals surface area contributed by atoms with E-state index in [1.54, 1.807) is 52.4 Å². The summed E-state index contributed by atoms with van der Waals surface area (Å²) in [5.41, 5.74) is 5.85. The molecule has 2 N–H and O–H groups in total. The van der Waals surface area contributed by atoms with E-state index in [2.05, 4.69) is 0 Å². The summed E-state index contributed by atoms with van der Waals surface area (Å²) in [6.45, 7) is 0.734. The van der Waals surface area contributed by atoms with E-state index in [1.165, 1.54) is 10.6 Å². The largest absolute Gasteiger partial charge is 0.368 e. The normalized spacial score (nSPS) is 22.4. The molecule has 1 aromatic heterocycles. The van der Waals surface area contributed by atoms with E-state index in [0.29, 0.717) is 17.9 Å². The van der Waals surface area contributed by atoms with Crippen molar-refractivity contribution >= 4 is 17.6 Å². The van der Waals surface area contributed by atoms with Crippen LogP contribution >= 0.6 is 0 Å². The van der Waals surface area contributed by atoms with Gasteiger partial charge in [0, 0.05) is 30.2 Å². The molecule has 4 rings (SSSR count). The molecule has 0 aliphatic carbocycles. The quantitative estimate of drug-likeness (QED) is 0.904. The van der Waals surface area contributed by atoms with Crippen LogP contribution in [0, 0.1) is 6.42 Å². The number of rotatable bonds is 3. The van der Waals surface area contributed by atoms with Crippen molar-refractivity contribution in [2.45, 2.75) is 18.4 Å². The van der Waals surface area contributed by atoms with Gasteiger partial charge in [0.25, 0.3) is 5.56 Å². The lowest BCUT2D eigenvalue weighted by Crippen LogP contribution is -2.59. The molecule has 0 saturated carbocycles. The summed E-state index contributed by atoms with van der Waals surface area (Å²) < 4.78 is 1.53. The molecule has 1 atom stereocenters. The summed E-state index contributed by atoms with van der Waals surface area (Å²) in [4.78, 5) is 40.0. The summed E-state index contributed by atoms with van der Waals surface area (Å²) in [5, 5.41) is 0. The Bertz CT molecular complexity index is 921. The molecule has 1 aromatic carbocycles. The van der Waals surface area contributed by atoms with Gasteiger partial charge in [-0.3, -0.25) is 19.1 Å². The summed E-state index contributed by atoms with van der Waals surface area (Å²) >= 11 is 0. The van der Waals surface area contributed by atoms with E-state index in [0.717, 1.165) is 12.8 Å². The van der Waals surface area contributed by atoms with Crippen LogP contribution in [0.1, 0.15) is 12.8 Å². The molecule has 0 bridgehead atoms. The molecule has 2 aromatic rings. The van der Waals surface area contributed by atoms with Crippen molar-refractivity contribution < 1.29 is 9.59 Å². The average Bonchev–Trinajstić information content (AvgIpc) is 2.97. The fourth-order valence-electron chi connectivity index (χ4n) is 3.72. The number of primary amides is 1. The smallest absolute Gasteiger partial charge is 0.325 e. The number of carbonyl (C=O) groups is 2. The minimum Gasteiger partial charge on any atom is -0.368 e. The van der Waals surface area contributed by atoms with Crippen molar-refractivity contribution in [3.8, 4) is 5.69 Å². The maximum absolute atomic E-state index is 12.8. The second-order valence-electron chi connectivity index (χ2n) is 6.58. The first-order chi connectivity index (χ1) is 12.5. The van der Waals surface area contributed by atoms with Gasteiger partial charge < -0.3 is 10.6 Å². The lowest BCUT2D eigenvalue weighted by atomic mass is 9.87. The Kier molecular flexibility index (Phi) is 3.79. The van der Waals surface area contributed by atoms with Crippen LogP contribution in [0.15, 0.2) is 53.5 Å². The second-order valence-corrected chi connectivity index (χ2v) is 6.58. The van der Waals surface area contributed by atoms with Gasteiger partial charge in [0.1, 0.15) is 5.54 Å². The van der Waals surface area contributed by atoms with E-state index >= 15 is 0 Å². The maximum Gasteiger partial charge on any atom is 0.325 e. The number of carbonyl (C=O) groups excluding carboxylic acids is 2. The molecule has 7 nitrogen and oxygen atoms in total. The number of hydrogen-bond acceptors (Lipinski definition) is 3. The number of nitrogens with zero attached hydrogens (tertiary/aromatic N) is 3. The Morgan fingerprint density at radius 2 is 1.77 bits per heavy atom. The highest BCUT2D eigenvalue weighted by molar-refractivity contribution is 6.03. The van der Waals surface area contributed by atoms with Crippen molar-refractivity contribution in [2.24, 2.45) is 5.73 Å². The van der Waals surface area contributed by atoms with Crippen LogP contribution in [0.2, 0.25) is 0 Å². The zero-order chi connectivity index (χ0) is 18.3. The molecule has 0 unspecified atom stereocenters. The second kappa shape index (κ2) is 6.01. The standard InChI is InChI=1S/C19H19N4O3/c20-17(25)19-10-2-4-12-23(19)18(26)22(13-19)15-8-6-14(7-9-15)21-11-3-1-5-16(21)24/h1,3,5-11H,2,4,12-13H2,(H2,20,25)/t19-/m1/s1. The predicted octanol–water partition coefficient (Wildman–Crippen LogP) is 1.30. The summed E-state index contributed by atoms with van der Waals surface area (Å²) in [7, 11) is 0. The highest BCUT2D eigenvalue weighted by atomic mass is 16.2. The molecule has 3 heterocycles. The van der Waals surface area contributed by atoms with Crippen LogP contribution < -0.4 is 16.2 Å². The molecule has 2 saturated heterocycles. The topological polar surface area (TPSA) is 88.6 Å². The third-order valence-electron chi connectivity index (χ3n) is 5.10. The predicted molar refractivity (Wildman–Crippen MR) is 96.9 cm³/mol. The van der Waals surface area contributed by atoms with Crippen molar-refractivity contribution in [2.75, 3.05) is 18.0 Å². The highest BCUT2D eigenvalue weighted by Crippen LogP contribution is 2.37. The lowest BCUT2D eigenvalue weighted by Gasteiger charge is -2.37. The molecular weight excluding hydrogens is 332 g/mol. The first-order valence-electron chi connectivity index (χ1n) is 8.54. The zero-order valence-electron chi connectivity index (χ0n) is 14.2. The molecule has 2 aliphatic rings. The van der Waals surface area contributed by atoms with Gasteiger partial charge in [0.2, 0.25) is 5.91 Å². The molecular formula is C19H19N4O3. The van der Waals surface area contributed by atoms with Gasteiger partial charge in [-0.1, -0.05) is 6.07 Å². The van der Waals surface area contributed by atoms with E-state index in [-0.39, 0.29) is 18.1 Å². The van der Waals surface area contributed by atoms with Gasteiger partial charge in [-0.15, -0.1) is 0 Å². The number of anilines is 1. The molecule has 3 amide bonds. The Balaban J connectivity index is 1.66. The monoisotopic (exact) mass is 351 g/mol. The number of amides is 3. The van der Waals surface area contributed by atoms with Gasteiger partial charge in [-0.25, -0.2) is 4.79 Å². The number of urea groups is 1. The zero-order valence-corrected chi connectivity index (χ0v) is 14.2. The van der Waals surface area contributed by atoms with E-state index in [4.69, 9.17) is 5.73 Å². The summed E-state index contributed by atoms with van der Waals surface area (Å²) in [6, 6.07) is 11.9. The van der Waals surface area contributed by atoms with Crippen LogP contribution in [0.4, 0.5) is 10.5 Å². The average molecular weight is 351 g/mol. The summed E-state index contributed by atoms with van der Waals surface area (Å²) in [6.07, 6.45) is 5.13. The number of fused-ring (bicyclic) bond motifs is 1. The lowest BCUT2D eigenvalue weighted by molar-refractivity contribution is -0.126. The van der Waals surface area contributed by atoms with Gasteiger partial charge in [0.15, 0.2) is 0 Å². The van der Waals surface area contributed by atoms with Crippen molar-refractivity contribution in [1.82, 2.24) is 9.47 Å². The van der Waals surface area contributed by atoms with Gasteiger partial charge in [0.05, 0.1) is 6.54 Å². The molecule has 2 aliphatic heterocycles. The number of benzene rings is 1. The number of piperidine rings is 1. The molecule has 2 fully saturated rings. The van der Waals surface area contributed by atoms with Crippen LogP contribution in [0.5, 0.6) is 0 Å². The third-order valence-corrected chi connectivity index (χ3v) is 5.10. The van der Waals surface area contributed by atoms with Crippen molar-refractivity contribution in [3.05, 3.63) is 65.4 Å². The summed E-state index contributed by atoms with van der Waals surface area (Å²) in [5.74, 6) is -0.500. The SMILES string of the molecule is NC(=O)[C@]12[CH]CCCN1C(=O)N(c1ccc(-n3ccccc3=O)cc1)C2. The van der Waals surface area contributed by atoms with E-state index in [9.17, 15) is 14.4 Å². The molecule has 7 heteroatoms. The van der Waals surface area contributed by atoms with Crippen LogP contribution in [-0.2, 0) is 4.79 Å². The first kappa shape index (κ1) is 16.4. The Hall–Kier alpha value is -3.09. The van der Waals surface area contributed by atoms with E-state index < -0.39 is 11.4 Å². The van der Waals surface area contributed by atoms with Crippen molar-refractivity contribution in [3.63, 3.8) is 0 Å². The Morgan fingerprint density at radius 1 is 1.04 bits per heavy atom. The number of aromatic nitrogens is 1. The molecule has 26 heavy (non-hydrogen) atoms. The minimum absolute atomic E-state index is 0.128. The molecule has 0 spiro atoms. The Morgan fingerprint density at radius 3 is 2.42 bits per heavy atom. The Labute approximate surface area is 150 Å². The maximum atomic E-state index is 12.8. The van der Waals surface area contributed by atoms with Crippen LogP contribution in [-0.4, -0.2) is 40.0 Å². The first-order valence-corrected chi connectivity index (χ1v) is 8.54. The van der Waals surface area contributed by atoms with Crippen LogP contribution in [0.3, 0.4) is 0 Å². The van der Waals surface area contributed by atoms with Gasteiger partial charge >= 0.3 is 6.03 Å². The fourth-order valence-corrected chi connectivity index (χ4v) is 3.72. The van der Waals surface area contributed by atoms with Gasteiger partial charge in [-0.05, 0) is 49.6 Å². The van der Waals surface area contributed by atoms with E-state index in [1.807, 2.05) is 6.42 Å². The highest BCUT2D eigenvalue weighted by Gasteiger charge is 2.55. The number of nitrogens with two attached hydrogens (primary N) is 1. The minimum atomic E-state index is -1.04.